The SMILES string of the molecule is CCC(=O)c1ccc(OC(=O)C2CCN(C(=O)C3CC3)CC2)cc1. The molecule has 2 aliphatic rings. The van der Waals surface area contributed by atoms with Crippen molar-refractivity contribution >= 4 is 17.7 Å². The first kappa shape index (κ1) is 16.7. The Morgan fingerprint density at radius 3 is 2.17 bits per heavy atom. The van der Waals surface area contributed by atoms with Crippen molar-refractivity contribution in [3.8, 4) is 5.75 Å². The van der Waals surface area contributed by atoms with E-state index >= 15 is 0 Å². The van der Waals surface area contributed by atoms with Gasteiger partial charge in [-0.3, -0.25) is 14.4 Å². The molecule has 0 aromatic heterocycles. The average Bonchev–Trinajstić information content (AvgIpc) is 3.46. The van der Waals surface area contributed by atoms with Crippen LogP contribution in [0.4, 0.5) is 0 Å². The molecule has 0 spiro atoms. The van der Waals surface area contributed by atoms with Crippen molar-refractivity contribution < 1.29 is 19.1 Å². The Morgan fingerprint density at radius 1 is 1.00 bits per heavy atom. The van der Waals surface area contributed by atoms with Crippen LogP contribution in [-0.2, 0) is 9.59 Å². The molecule has 1 aromatic rings. The highest BCUT2D eigenvalue weighted by molar-refractivity contribution is 5.96. The minimum Gasteiger partial charge on any atom is -0.426 e. The Labute approximate surface area is 142 Å². The number of Topliss-reactive ketones (excluding diaryl/α,β-unsaturated/α-hetero) is 1. The van der Waals surface area contributed by atoms with E-state index in [2.05, 4.69) is 0 Å². The molecule has 3 rings (SSSR count). The number of likely N-dealkylation sites (tertiary alicyclic amines) is 1. The zero-order chi connectivity index (χ0) is 17.1. The summed E-state index contributed by atoms with van der Waals surface area (Å²) in [5.74, 6) is 0.605. The Morgan fingerprint density at radius 2 is 1.62 bits per heavy atom. The molecule has 1 amide bonds. The lowest BCUT2D eigenvalue weighted by atomic mass is 9.96. The largest absolute Gasteiger partial charge is 0.426 e. The van der Waals surface area contributed by atoms with Crippen LogP contribution in [-0.4, -0.2) is 35.6 Å². The van der Waals surface area contributed by atoms with Crippen LogP contribution in [0, 0.1) is 11.8 Å². The van der Waals surface area contributed by atoms with Crippen molar-refractivity contribution in [1.82, 2.24) is 4.90 Å². The molecule has 2 fully saturated rings. The van der Waals surface area contributed by atoms with Crippen LogP contribution in [0.1, 0.15) is 49.4 Å². The fraction of sp³-hybridized carbons (Fsp3) is 0.526. The van der Waals surface area contributed by atoms with Gasteiger partial charge in [0, 0.05) is 31.0 Å². The number of ketones is 1. The monoisotopic (exact) mass is 329 g/mol. The fourth-order valence-electron chi connectivity index (χ4n) is 3.04. The van der Waals surface area contributed by atoms with Gasteiger partial charge < -0.3 is 9.64 Å². The third-order valence-electron chi connectivity index (χ3n) is 4.78. The average molecular weight is 329 g/mol. The Kier molecular flexibility index (Phi) is 4.97. The summed E-state index contributed by atoms with van der Waals surface area (Å²) in [6.45, 7) is 3.09. The third-order valence-corrected chi connectivity index (χ3v) is 4.78. The predicted molar refractivity (Wildman–Crippen MR) is 88.7 cm³/mol. The lowest BCUT2D eigenvalue weighted by Gasteiger charge is -2.31. The molecule has 1 saturated heterocycles. The molecule has 0 unspecified atom stereocenters. The number of piperidine rings is 1. The highest BCUT2D eigenvalue weighted by atomic mass is 16.5. The number of rotatable bonds is 5. The quantitative estimate of drug-likeness (QED) is 0.473. The van der Waals surface area contributed by atoms with Crippen molar-refractivity contribution in [3.05, 3.63) is 29.8 Å². The number of benzene rings is 1. The molecule has 0 radical (unpaired) electrons. The van der Waals surface area contributed by atoms with Crippen LogP contribution in [0.3, 0.4) is 0 Å². The van der Waals surface area contributed by atoms with Gasteiger partial charge in [0.1, 0.15) is 5.75 Å². The molecule has 1 aliphatic heterocycles. The molecule has 0 atom stereocenters. The molecular weight excluding hydrogens is 306 g/mol. The summed E-state index contributed by atoms with van der Waals surface area (Å²) in [6.07, 6.45) is 3.79. The minimum atomic E-state index is -0.247. The Bertz CT molecular complexity index is 625. The maximum atomic E-state index is 12.3. The van der Waals surface area contributed by atoms with Gasteiger partial charge in [-0.1, -0.05) is 6.92 Å². The molecular formula is C19H23NO4. The van der Waals surface area contributed by atoms with Crippen LogP contribution in [0.15, 0.2) is 24.3 Å². The summed E-state index contributed by atoms with van der Waals surface area (Å²) in [5, 5.41) is 0. The van der Waals surface area contributed by atoms with Crippen molar-refractivity contribution in [2.45, 2.75) is 39.0 Å². The lowest BCUT2D eigenvalue weighted by molar-refractivity contribution is -0.143. The highest BCUT2D eigenvalue weighted by Gasteiger charge is 2.36. The smallest absolute Gasteiger partial charge is 0.314 e. The van der Waals surface area contributed by atoms with Crippen molar-refractivity contribution in [1.29, 1.82) is 0 Å². The van der Waals surface area contributed by atoms with E-state index in [0.717, 1.165) is 12.8 Å². The first-order valence-corrected chi connectivity index (χ1v) is 8.72. The molecule has 1 aliphatic carbocycles. The number of amides is 1. The van der Waals surface area contributed by atoms with E-state index in [1.165, 1.54) is 0 Å². The number of nitrogens with zero attached hydrogens (tertiary/aromatic N) is 1. The van der Waals surface area contributed by atoms with Gasteiger partial charge >= 0.3 is 5.97 Å². The summed E-state index contributed by atoms with van der Waals surface area (Å²) < 4.78 is 5.42. The number of ether oxygens (including phenoxy) is 1. The molecule has 24 heavy (non-hydrogen) atoms. The van der Waals surface area contributed by atoms with Crippen molar-refractivity contribution in [3.63, 3.8) is 0 Å². The van der Waals surface area contributed by atoms with Gasteiger partial charge in [-0.05, 0) is 49.9 Å². The number of carbonyl (C=O) groups excluding carboxylic acids is 3. The van der Waals surface area contributed by atoms with E-state index in [0.29, 0.717) is 43.7 Å². The topological polar surface area (TPSA) is 63.7 Å². The van der Waals surface area contributed by atoms with Gasteiger partial charge in [0.05, 0.1) is 5.92 Å². The number of hydrogen-bond donors (Lipinski definition) is 0. The van der Waals surface area contributed by atoms with E-state index in [-0.39, 0.29) is 29.5 Å². The van der Waals surface area contributed by atoms with Crippen LogP contribution in [0.5, 0.6) is 5.75 Å². The fourth-order valence-corrected chi connectivity index (χ4v) is 3.04. The highest BCUT2D eigenvalue weighted by Crippen LogP contribution is 2.32. The summed E-state index contributed by atoms with van der Waals surface area (Å²) in [5.41, 5.74) is 0.629. The summed E-state index contributed by atoms with van der Waals surface area (Å²) >= 11 is 0. The van der Waals surface area contributed by atoms with Crippen molar-refractivity contribution in [2.24, 2.45) is 11.8 Å². The van der Waals surface area contributed by atoms with Gasteiger partial charge in [-0.2, -0.15) is 0 Å². The predicted octanol–water partition coefficient (Wildman–Crippen LogP) is 2.83. The normalized spacial score (nSPS) is 18.3. The summed E-state index contributed by atoms with van der Waals surface area (Å²) in [4.78, 5) is 37.8. The van der Waals surface area contributed by atoms with Gasteiger partial charge in [0.15, 0.2) is 5.78 Å². The Balaban J connectivity index is 1.50. The summed E-state index contributed by atoms with van der Waals surface area (Å²) in [7, 11) is 0. The van der Waals surface area contributed by atoms with Gasteiger partial charge in [0.25, 0.3) is 0 Å². The molecule has 1 saturated carbocycles. The maximum absolute atomic E-state index is 12.3. The molecule has 5 heteroatoms. The molecule has 0 N–H and O–H groups in total. The van der Waals surface area contributed by atoms with E-state index in [1.807, 2.05) is 11.8 Å². The summed E-state index contributed by atoms with van der Waals surface area (Å²) in [6, 6.07) is 6.69. The first-order valence-electron chi connectivity index (χ1n) is 8.72. The second-order valence-electron chi connectivity index (χ2n) is 6.60. The maximum Gasteiger partial charge on any atom is 0.314 e. The second-order valence-corrected chi connectivity index (χ2v) is 6.60. The molecule has 1 heterocycles. The zero-order valence-electron chi connectivity index (χ0n) is 14.0. The number of esters is 1. The molecule has 5 nitrogen and oxygen atoms in total. The molecule has 1 aromatic carbocycles. The zero-order valence-corrected chi connectivity index (χ0v) is 14.0. The van der Waals surface area contributed by atoms with Crippen LogP contribution in [0.25, 0.3) is 0 Å². The Hall–Kier alpha value is -2.17. The van der Waals surface area contributed by atoms with E-state index in [9.17, 15) is 14.4 Å². The number of carbonyl (C=O) groups is 3. The van der Waals surface area contributed by atoms with E-state index in [4.69, 9.17) is 4.74 Å². The van der Waals surface area contributed by atoms with Gasteiger partial charge in [-0.15, -0.1) is 0 Å². The molecule has 0 bridgehead atoms. The lowest BCUT2D eigenvalue weighted by Crippen LogP contribution is -2.41. The van der Waals surface area contributed by atoms with Gasteiger partial charge in [0.2, 0.25) is 5.91 Å². The standard InChI is InChI=1S/C19H23NO4/c1-2-17(21)13-5-7-16(8-6-13)24-19(23)15-9-11-20(12-10-15)18(22)14-3-4-14/h5-8,14-15H,2-4,9-12H2,1H3. The van der Waals surface area contributed by atoms with Crippen LogP contribution < -0.4 is 4.74 Å². The molecule has 128 valence electrons. The first-order chi connectivity index (χ1) is 11.6. The van der Waals surface area contributed by atoms with E-state index < -0.39 is 0 Å². The van der Waals surface area contributed by atoms with E-state index in [1.54, 1.807) is 24.3 Å². The van der Waals surface area contributed by atoms with Gasteiger partial charge in [-0.25, -0.2) is 0 Å². The van der Waals surface area contributed by atoms with Crippen molar-refractivity contribution in [2.75, 3.05) is 13.1 Å². The third kappa shape index (κ3) is 3.83. The second kappa shape index (κ2) is 7.16. The van der Waals surface area contributed by atoms with Crippen LogP contribution in [0.2, 0.25) is 0 Å². The number of hydrogen-bond acceptors (Lipinski definition) is 4. The van der Waals surface area contributed by atoms with Crippen LogP contribution >= 0.6 is 0 Å². The minimum absolute atomic E-state index is 0.0700.